The SMILES string of the molecule is CC(C)NCC(=O)N(CC(=O)O)C1CCCC1. The number of aliphatic carboxylic acids is 1. The average Bonchev–Trinajstić information content (AvgIpc) is 2.75. The quantitative estimate of drug-likeness (QED) is 0.724. The van der Waals surface area contributed by atoms with Crippen LogP contribution in [0.5, 0.6) is 0 Å². The maximum atomic E-state index is 12.0. The molecule has 0 aromatic carbocycles. The summed E-state index contributed by atoms with van der Waals surface area (Å²) in [5.74, 6) is -1.04. The second-order valence-corrected chi connectivity index (χ2v) is 4.89. The van der Waals surface area contributed by atoms with Gasteiger partial charge in [0.05, 0.1) is 6.54 Å². The summed E-state index contributed by atoms with van der Waals surface area (Å²) in [6.45, 7) is 3.97. The predicted octanol–water partition coefficient (Wildman–Crippen LogP) is 0.840. The van der Waals surface area contributed by atoms with Gasteiger partial charge in [0, 0.05) is 12.1 Å². The maximum absolute atomic E-state index is 12.0. The molecule has 1 amide bonds. The first-order valence-corrected chi connectivity index (χ1v) is 6.25. The third kappa shape index (κ3) is 4.73. The van der Waals surface area contributed by atoms with Gasteiger partial charge in [-0.2, -0.15) is 0 Å². The van der Waals surface area contributed by atoms with E-state index in [0.29, 0.717) is 0 Å². The van der Waals surface area contributed by atoms with E-state index in [1.807, 2.05) is 13.8 Å². The molecule has 0 atom stereocenters. The standard InChI is InChI=1S/C12H22N2O3/c1-9(2)13-7-11(15)14(8-12(16)17)10-5-3-4-6-10/h9-10,13H,3-8H2,1-2H3,(H,16,17). The Morgan fingerprint density at radius 1 is 1.35 bits per heavy atom. The van der Waals surface area contributed by atoms with Crippen LogP contribution >= 0.6 is 0 Å². The zero-order valence-electron chi connectivity index (χ0n) is 10.6. The van der Waals surface area contributed by atoms with Gasteiger partial charge in [0.2, 0.25) is 5.91 Å². The molecular weight excluding hydrogens is 220 g/mol. The van der Waals surface area contributed by atoms with E-state index < -0.39 is 5.97 Å². The van der Waals surface area contributed by atoms with Gasteiger partial charge in [-0.25, -0.2) is 0 Å². The van der Waals surface area contributed by atoms with Crippen molar-refractivity contribution in [2.75, 3.05) is 13.1 Å². The Balaban J connectivity index is 2.54. The molecule has 0 bridgehead atoms. The van der Waals surface area contributed by atoms with Crippen molar-refractivity contribution in [1.82, 2.24) is 10.2 Å². The highest BCUT2D eigenvalue weighted by Crippen LogP contribution is 2.23. The molecular formula is C12H22N2O3. The number of carboxylic acids is 1. The van der Waals surface area contributed by atoms with Crippen LogP contribution in [-0.4, -0.2) is 47.1 Å². The summed E-state index contributed by atoms with van der Waals surface area (Å²) >= 11 is 0. The first kappa shape index (κ1) is 14.0. The van der Waals surface area contributed by atoms with Crippen LogP contribution in [0.3, 0.4) is 0 Å². The molecule has 1 saturated carbocycles. The van der Waals surface area contributed by atoms with E-state index in [4.69, 9.17) is 5.11 Å². The lowest BCUT2D eigenvalue weighted by atomic mass is 10.2. The minimum absolute atomic E-state index is 0.104. The summed E-state index contributed by atoms with van der Waals surface area (Å²) in [5.41, 5.74) is 0. The lowest BCUT2D eigenvalue weighted by Crippen LogP contribution is -2.47. The number of rotatable bonds is 6. The maximum Gasteiger partial charge on any atom is 0.323 e. The normalized spacial score (nSPS) is 16.4. The van der Waals surface area contributed by atoms with Crippen LogP contribution in [0.2, 0.25) is 0 Å². The van der Waals surface area contributed by atoms with E-state index in [-0.39, 0.29) is 31.1 Å². The zero-order chi connectivity index (χ0) is 12.8. The van der Waals surface area contributed by atoms with Gasteiger partial charge in [-0.1, -0.05) is 26.7 Å². The number of nitrogens with one attached hydrogen (secondary N) is 1. The summed E-state index contributed by atoms with van der Waals surface area (Å²) in [6.07, 6.45) is 4.04. The minimum Gasteiger partial charge on any atom is -0.480 e. The largest absolute Gasteiger partial charge is 0.480 e. The first-order chi connectivity index (χ1) is 8.00. The summed E-state index contributed by atoms with van der Waals surface area (Å²) in [4.78, 5) is 24.3. The lowest BCUT2D eigenvalue weighted by molar-refractivity contribution is -0.145. The van der Waals surface area contributed by atoms with Crippen molar-refractivity contribution < 1.29 is 14.7 Å². The molecule has 1 aliphatic rings. The van der Waals surface area contributed by atoms with Crippen molar-refractivity contribution in [3.8, 4) is 0 Å². The van der Waals surface area contributed by atoms with Crippen LogP contribution in [0.25, 0.3) is 0 Å². The van der Waals surface area contributed by atoms with Gasteiger partial charge in [0.15, 0.2) is 0 Å². The molecule has 0 unspecified atom stereocenters. The van der Waals surface area contributed by atoms with Crippen molar-refractivity contribution in [3.05, 3.63) is 0 Å². The fourth-order valence-electron chi connectivity index (χ4n) is 2.18. The third-order valence-electron chi connectivity index (χ3n) is 3.05. The van der Waals surface area contributed by atoms with Gasteiger partial charge in [0.25, 0.3) is 0 Å². The molecule has 17 heavy (non-hydrogen) atoms. The van der Waals surface area contributed by atoms with Crippen molar-refractivity contribution in [1.29, 1.82) is 0 Å². The van der Waals surface area contributed by atoms with Crippen molar-refractivity contribution in [2.45, 2.75) is 51.6 Å². The minimum atomic E-state index is -0.935. The van der Waals surface area contributed by atoms with Crippen LogP contribution in [-0.2, 0) is 9.59 Å². The topological polar surface area (TPSA) is 69.6 Å². The van der Waals surface area contributed by atoms with Crippen molar-refractivity contribution in [2.24, 2.45) is 0 Å². The molecule has 0 aliphatic heterocycles. The Labute approximate surface area is 102 Å². The number of carbonyl (C=O) groups is 2. The zero-order valence-corrected chi connectivity index (χ0v) is 10.6. The number of carbonyl (C=O) groups excluding carboxylic acids is 1. The van der Waals surface area contributed by atoms with Gasteiger partial charge in [-0.3, -0.25) is 9.59 Å². The smallest absolute Gasteiger partial charge is 0.323 e. The monoisotopic (exact) mass is 242 g/mol. The summed E-state index contributed by atoms with van der Waals surface area (Å²) in [5, 5.41) is 11.9. The number of nitrogens with zero attached hydrogens (tertiary/aromatic N) is 1. The Morgan fingerprint density at radius 3 is 2.41 bits per heavy atom. The Morgan fingerprint density at radius 2 is 1.94 bits per heavy atom. The summed E-state index contributed by atoms with van der Waals surface area (Å²) in [6, 6.07) is 0.349. The van der Waals surface area contributed by atoms with Crippen molar-refractivity contribution in [3.63, 3.8) is 0 Å². The molecule has 1 rings (SSSR count). The van der Waals surface area contributed by atoms with Gasteiger partial charge in [0.1, 0.15) is 6.54 Å². The number of amides is 1. The molecule has 2 N–H and O–H groups in total. The molecule has 0 saturated heterocycles. The predicted molar refractivity (Wildman–Crippen MR) is 64.7 cm³/mol. The molecule has 0 aromatic heterocycles. The second kappa shape index (κ2) is 6.59. The van der Waals surface area contributed by atoms with Crippen molar-refractivity contribution >= 4 is 11.9 Å². The van der Waals surface area contributed by atoms with E-state index in [1.54, 1.807) is 0 Å². The highest BCUT2D eigenvalue weighted by Gasteiger charge is 2.27. The Bertz CT molecular complexity index is 273. The molecule has 98 valence electrons. The number of hydrogen-bond acceptors (Lipinski definition) is 3. The van der Waals surface area contributed by atoms with Crippen LogP contribution in [0.1, 0.15) is 39.5 Å². The van der Waals surface area contributed by atoms with Crippen LogP contribution in [0.15, 0.2) is 0 Å². The highest BCUT2D eigenvalue weighted by molar-refractivity contribution is 5.83. The lowest BCUT2D eigenvalue weighted by Gasteiger charge is -2.27. The van der Waals surface area contributed by atoms with E-state index >= 15 is 0 Å². The third-order valence-corrected chi connectivity index (χ3v) is 3.05. The fraction of sp³-hybridized carbons (Fsp3) is 0.833. The highest BCUT2D eigenvalue weighted by atomic mass is 16.4. The van der Waals surface area contributed by atoms with E-state index in [0.717, 1.165) is 25.7 Å². The van der Waals surface area contributed by atoms with E-state index in [9.17, 15) is 9.59 Å². The molecule has 1 fully saturated rings. The van der Waals surface area contributed by atoms with Gasteiger partial charge in [-0.05, 0) is 12.8 Å². The molecule has 5 nitrogen and oxygen atoms in total. The number of carboxylic acid groups (broad SMARTS) is 1. The number of hydrogen-bond donors (Lipinski definition) is 2. The van der Waals surface area contributed by atoms with Crippen LogP contribution < -0.4 is 5.32 Å². The second-order valence-electron chi connectivity index (χ2n) is 4.89. The van der Waals surface area contributed by atoms with Crippen LogP contribution in [0.4, 0.5) is 0 Å². The summed E-state index contributed by atoms with van der Waals surface area (Å²) in [7, 11) is 0. The molecule has 5 heteroatoms. The molecule has 0 heterocycles. The van der Waals surface area contributed by atoms with Gasteiger partial charge >= 0.3 is 5.97 Å². The first-order valence-electron chi connectivity index (χ1n) is 6.25. The van der Waals surface area contributed by atoms with E-state index in [1.165, 1.54) is 4.90 Å². The fourth-order valence-corrected chi connectivity index (χ4v) is 2.18. The Kier molecular flexibility index (Phi) is 5.41. The van der Waals surface area contributed by atoms with Crippen LogP contribution in [0, 0.1) is 0 Å². The van der Waals surface area contributed by atoms with Gasteiger partial charge < -0.3 is 15.3 Å². The molecule has 0 aromatic rings. The molecule has 1 aliphatic carbocycles. The summed E-state index contributed by atoms with van der Waals surface area (Å²) < 4.78 is 0. The Hall–Kier alpha value is -1.10. The molecule has 0 radical (unpaired) electrons. The molecule has 0 spiro atoms. The van der Waals surface area contributed by atoms with Gasteiger partial charge in [-0.15, -0.1) is 0 Å². The van der Waals surface area contributed by atoms with E-state index in [2.05, 4.69) is 5.32 Å². The average molecular weight is 242 g/mol.